The molecule has 1 aromatic carbocycles. The van der Waals surface area contributed by atoms with Crippen LogP contribution in [0.15, 0.2) is 60.9 Å². The van der Waals surface area contributed by atoms with Crippen molar-refractivity contribution in [3.8, 4) is 11.1 Å². The number of nitrogens with zero attached hydrogens (tertiary/aromatic N) is 4. The number of hydrogen-bond donors (Lipinski definition) is 1. The second-order valence-corrected chi connectivity index (χ2v) is 16.9. The molecular weight excluding hydrogens is 546 g/mol. The first-order chi connectivity index (χ1) is 19.5. The number of nitrogens with one attached hydrogen (secondary N) is 1. The highest BCUT2D eigenvalue weighted by Crippen LogP contribution is 2.54. The highest BCUT2D eigenvalue weighted by atomic mass is 32.3. The highest BCUT2D eigenvalue weighted by molar-refractivity contribution is 8.29. The van der Waals surface area contributed by atoms with Gasteiger partial charge in [-0.15, -0.1) is 10.3 Å². The maximum absolute atomic E-state index is 12.2. The molecule has 230 valence electrons. The number of anilines is 3. The fourth-order valence-corrected chi connectivity index (χ4v) is 4.61. The first-order valence-electron chi connectivity index (χ1n) is 14.3. The summed E-state index contributed by atoms with van der Waals surface area (Å²) in [6.45, 7) is 14.3. The number of ether oxygens (including phenoxy) is 1. The van der Waals surface area contributed by atoms with E-state index in [0.717, 1.165) is 47.0 Å². The van der Waals surface area contributed by atoms with Crippen molar-refractivity contribution >= 4 is 33.7 Å². The van der Waals surface area contributed by atoms with Crippen LogP contribution in [-0.4, -0.2) is 71.0 Å². The molecule has 0 aliphatic rings. The molecular formula is C33H49N5O3S. The topological polar surface area (TPSA) is 79.8 Å². The Kier molecular flexibility index (Phi) is 10.9. The molecule has 0 aliphatic heterocycles. The third-order valence-corrected chi connectivity index (χ3v) is 10.8. The third kappa shape index (κ3) is 9.91. The number of pyridine rings is 2. The molecule has 1 N–H and O–H groups in total. The summed E-state index contributed by atoms with van der Waals surface area (Å²) in [6.07, 6.45) is 8.63. The summed E-state index contributed by atoms with van der Waals surface area (Å²) in [5, 5.41) is 3.44. The van der Waals surface area contributed by atoms with Gasteiger partial charge in [-0.1, -0.05) is 32.9 Å². The molecule has 0 aliphatic carbocycles. The number of carbonyl (C=O) groups excluding carboxylic acids is 1. The van der Waals surface area contributed by atoms with Crippen molar-refractivity contribution in [1.82, 2.24) is 14.9 Å². The van der Waals surface area contributed by atoms with E-state index >= 15 is 0 Å². The van der Waals surface area contributed by atoms with Crippen LogP contribution in [0.25, 0.3) is 11.1 Å². The Labute approximate surface area is 254 Å². The van der Waals surface area contributed by atoms with E-state index in [4.69, 9.17) is 8.92 Å². The van der Waals surface area contributed by atoms with Crippen molar-refractivity contribution in [2.24, 2.45) is 0 Å². The molecule has 0 atom stereocenters. The van der Waals surface area contributed by atoms with Crippen LogP contribution in [-0.2, 0) is 15.5 Å². The van der Waals surface area contributed by atoms with Gasteiger partial charge in [0.1, 0.15) is 17.2 Å². The van der Waals surface area contributed by atoms with Gasteiger partial charge in [0, 0.05) is 55.6 Å². The molecule has 0 saturated heterocycles. The molecule has 9 heteroatoms. The van der Waals surface area contributed by atoms with Crippen LogP contribution in [0.2, 0.25) is 0 Å². The van der Waals surface area contributed by atoms with Gasteiger partial charge in [0.15, 0.2) is 0 Å². The van der Waals surface area contributed by atoms with Crippen LogP contribution >= 0.6 is 10.3 Å². The fourth-order valence-electron chi connectivity index (χ4n) is 3.83. The summed E-state index contributed by atoms with van der Waals surface area (Å²) in [6, 6.07) is 16.4. The molecule has 2 aromatic heterocycles. The van der Waals surface area contributed by atoms with Crippen LogP contribution in [0, 0.1) is 0 Å². The van der Waals surface area contributed by atoms with E-state index in [1.807, 2.05) is 64.3 Å². The Bertz CT molecular complexity index is 1320. The number of aromatic nitrogens is 2. The molecule has 3 aromatic rings. The minimum Gasteiger partial charge on any atom is -0.444 e. The minimum absolute atomic E-state index is 0.121. The zero-order valence-electron chi connectivity index (χ0n) is 27.0. The van der Waals surface area contributed by atoms with E-state index in [-0.39, 0.29) is 10.8 Å². The standard InChI is InChI=1S/C33H49N5O3S/c1-32(2,3)41-31(39)38(8)20-12-19-37(7)30-16-15-27(23-35-30)26-17-18-34-29(22-26)36-28-14-11-13-25(21-28)24-40-42(9,10)33(4,5)6/h11,13-18,21-23H,12,19-20,24H2,1-10H3,(H,34,36). The van der Waals surface area contributed by atoms with E-state index in [9.17, 15) is 4.79 Å². The van der Waals surface area contributed by atoms with Gasteiger partial charge < -0.3 is 24.0 Å². The molecule has 2 heterocycles. The Morgan fingerprint density at radius 1 is 0.929 bits per heavy atom. The van der Waals surface area contributed by atoms with Crippen molar-refractivity contribution in [1.29, 1.82) is 0 Å². The summed E-state index contributed by atoms with van der Waals surface area (Å²) < 4.78 is 11.9. The third-order valence-electron chi connectivity index (χ3n) is 7.12. The highest BCUT2D eigenvalue weighted by Gasteiger charge is 2.28. The molecule has 42 heavy (non-hydrogen) atoms. The van der Waals surface area contributed by atoms with Gasteiger partial charge in [-0.3, -0.25) is 0 Å². The number of hydrogen-bond acceptors (Lipinski definition) is 7. The number of carbonyl (C=O) groups is 1. The lowest BCUT2D eigenvalue weighted by Crippen LogP contribution is -2.35. The smallest absolute Gasteiger partial charge is 0.410 e. The summed E-state index contributed by atoms with van der Waals surface area (Å²) in [7, 11) is 2.58. The van der Waals surface area contributed by atoms with Crippen LogP contribution < -0.4 is 10.2 Å². The lowest BCUT2D eigenvalue weighted by molar-refractivity contribution is 0.0298. The van der Waals surface area contributed by atoms with Gasteiger partial charge in [-0.05, 0) is 87.2 Å². The van der Waals surface area contributed by atoms with Gasteiger partial charge >= 0.3 is 6.09 Å². The zero-order valence-corrected chi connectivity index (χ0v) is 27.8. The predicted octanol–water partition coefficient (Wildman–Crippen LogP) is 7.87. The van der Waals surface area contributed by atoms with Crippen LogP contribution in [0.5, 0.6) is 0 Å². The van der Waals surface area contributed by atoms with Gasteiger partial charge in [0.25, 0.3) is 0 Å². The summed E-state index contributed by atoms with van der Waals surface area (Å²) in [4.78, 5) is 25.1. The van der Waals surface area contributed by atoms with Crippen molar-refractivity contribution < 1.29 is 13.7 Å². The Morgan fingerprint density at radius 2 is 1.67 bits per heavy atom. The van der Waals surface area contributed by atoms with Crippen molar-refractivity contribution in [2.45, 2.75) is 64.9 Å². The monoisotopic (exact) mass is 595 g/mol. The second kappa shape index (κ2) is 13.8. The Morgan fingerprint density at radius 3 is 2.31 bits per heavy atom. The molecule has 3 rings (SSSR count). The van der Waals surface area contributed by atoms with Crippen LogP contribution in [0.1, 0.15) is 53.5 Å². The fraction of sp³-hybridized carbons (Fsp3) is 0.485. The van der Waals surface area contributed by atoms with E-state index in [1.165, 1.54) is 0 Å². The predicted molar refractivity (Wildman–Crippen MR) is 178 cm³/mol. The summed E-state index contributed by atoms with van der Waals surface area (Å²) in [5.41, 5.74) is 3.64. The molecule has 0 spiro atoms. The molecule has 0 unspecified atom stereocenters. The Balaban J connectivity index is 1.57. The number of benzene rings is 1. The van der Waals surface area contributed by atoms with Gasteiger partial charge in [0.2, 0.25) is 0 Å². The normalized spacial score (nSPS) is 12.5. The first kappa shape index (κ1) is 33.2. The van der Waals surface area contributed by atoms with E-state index in [2.05, 4.69) is 71.7 Å². The Hall–Kier alpha value is -3.30. The SMILES string of the molecule is CN(CCCN(C)c1ccc(-c2ccnc(Nc3cccc(COS(C)(C)C(C)(C)C)c3)c2)cn1)C(=O)OC(C)(C)C. The lowest BCUT2D eigenvalue weighted by atomic mass is 10.1. The first-order valence-corrected chi connectivity index (χ1v) is 16.7. The number of amides is 1. The van der Waals surface area contributed by atoms with E-state index in [1.54, 1.807) is 18.1 Å². The lowest BCUT2D eigenvalue weighted by Gasteiger charge is -2.43. The molecule has 0 fully saturated rings. The molecule has 0 bridgehead atoms. The van der Waals surface area contributed by atoms with Gasteiger partial charge in [0.05, 0.1) is 6.61 Å². The second-order valence-electron chi connectivity index (χ2n) is 12.9. The van der Waals surface area contributed by atoms with Gasteiger partial charge in [-0.25, -0.2) is 14.8 Å². The van der Waals surface area contributed by atoms with Crippen molar-refractivity contribution in [3.63, 3.8) is 0 Å². The number of rotatable bonds is 11. The largest absolute Gasteiger partial charge is 0.444 e. The van der Waals surface area contributed by atoms with Gasteiger partial charge in [-0.2, -0.15) is 0 Å². The maximum Gasteiger partial charge on any atom is 0.410 e. The molecule has 8 nitrogen and oxygen atoms in total. The molecule has 0 saturated carbocycles. The van der Waals surface area contributed by atoms with Crippen LogP contribution in [0.4, 0.5) is 22.1 Å². The molecule has 1 amide bonds. The quantitative estimate of drug-likeness (QED) is 0.242. The van der Waals surface area contributed by atoms with Crippen molar-refractivity contribution in [3.05, 3.63) is 66.5 Å². The average Bonchev–Trinajstić information content (AvgIpc) is 2.91. The molecule has 0 radical (unpaired) electrons. The zero-order chi connectivity index (χ0) is 31.1. The average molecular weight is 596 g/mol. The minimum atomic E-state index is -1.19. The van der Waals surface area contributed by atoms with E-state index < -0.39 is 15.9 Å². The summed E-state index contributed by atoms with van der Waals surface area (Å²) >= 11 is 0. The maximum atomic E-state index is 12.2. The van der Waals surface area contributed by atoms with Crippen LogP contribution in [0.3, 0.4) is 0 Å². The van der Waals surface area contributed by atoms with E-state index in [0.29, 0.717) is 13.2 Å². The van der Waals surface area contributed by atoms with Crippen molar-refractivity contribution in [2.75, 3.05) is 49.9 Å². The summed E-state index contributed by atoms with van der Waals surface area (Å²) in [5.74, 6) is 1.64.